The van der Waals surface area contributed by atoms with Gasteiger partial charge in [0.05, 0.1) is 13.7 Å². The lowest BCUT2D eigenvalue weighted by atomic mass is 9.91. The monoisotopic (exact) mass is 337 g/mol. The Balaban J connectivity index is 1.82. The molecule has 1 unspecified atom stereocenters. The standard InChI is InChI=1S/C17H23NO6/c1-17(2)23-9-13(24-17)14-15(22-10-20-3)16(19)18(14)11-5-7-12(21-4)8-6-11/h5-8,13-15H,9-10H2,1-4H3/t13-,14+,15?/m1/s1. The molecule has 3 atom stereocenters. The van der Waals surface area contributed by atoms with Crippen LogP contribution in [-0.2, 0) is 23.7 Å². The third-order valence-electron chi connectivity index (χ3n) is 4.22. The van der Waals surface area contributed by atoms with Crippen LogP contribution in [0.1, 0.15) is 13.8 Å². The van der Waals surface area contributed by atoms with E-state index in [9.17, 15) is 4.79 Å². The number of carbonyl (C=O) groups is 1. The van der Waals surface area contributed by atoms with Crippen LogP contribution in [0, 0.1) is 0 Å². The average molecular weight is 337 g/mol. The third kappa shape index (κ3) is 3.12. The first-order valence-electron chi connectivity index (χ1n) is 7.86. The van der Waals surface area contributed by atoms with Crippen LogP contribution >= 0.6 is 0 Å². The van der Waals surface area contributed by atoms with Crippen molar-refractivity contribution in [2.24, 2.45) is 0 Å². The molecule has 0 saturated carbocycles. The van der Waals surface area contributed by atoms with E-state index in [4.69, 9.17) is 23.7 Å². The summed E-state index contributed by atoms with van der Waals surface area (Å²) in [5.74, 6) is -0.0479. The minimum absolute atomic E-state index is 0.0559. The number of ether oxygens (including phenoxy) is 5. The Morgan fingerprint density at radius 3 is 2.50 bits per heavy atom. The average Bonchev–Trinajstić information content (AvgIpc) is 2.92. The van der Waals surface area contributed by atoms with E-state index in [0.717, 1.165) is 11.4 Å². The number of β-lactam (4-membered cyclic amide) rings is 1. The molecular formula is C17H23NO6. The second-order valence-electron chi connectivity index (χ2n) is 6.26. The van der Waals surface area contributed by atoms with Gasteiger partial charge in [0.2, 0.25) is 0 Å². The summed E-state index contributed by atoms with van der Waals surface area (Å²) in [6.07, 6.45) is -0.865. The van der Waals surface area contributed by atoms with Gasteiger partial charge in [0.15, 0.2) is 11.9 Å². The summed E-state index contributed by atoms with van der Waals surface area (Å²) in [4.78, 5) is 14.3. The molecule has 2 aliphatic rings. The molecule has 0 radical (unpaired) electrons. The van der Waals surface area contributed by atoms with Crippen LogP contribution in [0.4, 0.5) is 5.69 Å². The summed E-state index contributed by atoms with van der Waals surface area (Å²) in [6, 6.07) is 7.06. The van der Waals surface area contributed by atoms with Gasteiger partial charge in [0.1, 0.15) is 24.7 Å². The first kappa shape index (κ1) is 17.2. The zero-order chi connectivity index (χ0) is 17.3. The minimum atomic E-state index is -0.666. The molecule has 0 N–H and O–H groups in total. The molecule has 2 aliphatic heterocycles. The van der Waals surface area contributed by atoms with Gasteiger partial charge in [0.25, 0.3) is 5.91 Å². The maximum absolute atomic E-state index is 12.6. The van der Waals surface area contributed by atoms with E-state index in [0.29, 0.717) is 6.61 Å². The molecule has 2 fully saturated rings. The van der Waals surface area contributed by atoms with E-state index in [2.05, 4.69) is 0 Å². The summed E-state index contributed by atoms with van der Waals surface area (Å²) in [6.45, 7) is 4.18. The fourth-order valence-electron chi connectivity index (χ4n) is 3.08. The smallest absolute Gasteiger partial charge is 0.258 e. The first-order chi connectivity index (χ1) is 11.5. The molecule has 2 saturated heterocycles. The molecule has 7 heteroatoms. The Hall–Kier alpha value is -1.67. The zero-order valence-corrected chi connectivity index (χ0v) is 14.4. The second-order valence-corrected chi connectivity index (χ2v) is 6.26. The SMILES string of the molecule is COCOC1C(=O)N(c2ccc(OC)cc2)[C@H]1[C@H]1COC(C)(C)O1. The normalized spacial score (nSPS) is 28.8. The Morgan fingerprint density at radius 1 is 1.25 bits per heavy atom. The van der Waals surface area contributed by atoms with Crippen molar-refractivity contribution in [2.75, 3.05) is 32.5 Å². The summed E-state index contributed by atoms with van der Waals surface area (Å²) in [5.41, 5.74) is 0.774. The highest BCUT2D eigenvalue weighted by atomic mass is 16.7. The molecule has 1 amide bonds. The number of anilines is 1. The molecule has 7 nitrogen and oxygen atoms in total. The number of hydrogen-bond donors (Lipinski definition) is 0. The quantitative estimate of drug-likeness (QED) is 0.580. The van der Waals surface area contributed by atoms with Crippen molar-refractivity contribution in [3.8, 4) is 5.75 Å². The van der Waals surface area contributed by atoms with Crippen LogP contribution < -0.4 is 9.64 Å². The van der Waals surface area contributed by atoms with Crippen LogP contribution in [-0.4, -0.2) is 57.6 Å². The van der Waals surface area contributed by atoms with E-state index in [1.54, 1.807) is 12.0 Å². The maximum atomic E-state index is 12.6. The maximum Gasteiger partial charge on any atom is 0.258 e. The molecule has 132 valence electrons. The number of amides is 1. The molecule has 0 spiro atoms. The summed E-state index contributed by atoms with van der Waals surface area (Å²) in [5, 5.41) is 0. The highest BCUT2D eigenvalue weighted by Crippen LogP contribution is 2.37. The number of hydrogen-bond acceptors (Lipinski definition) is 6. The molecule has 3 rings (SSSR count). The predicted octanol–water partition coefficient (Wildman–Crippen LogP) is 1.55. The summed E-state index contributed by atoms with van der Waals surface area (Å²) >= 11 is 0. The first-order valence-corrected chi connectivity index (χ1v) is 7.86. The van der Waals surface area contributed by atoms with Crippen molar-refractivity contribution in [1.82, 2.24) is 0 Å². The third-order valence-corrected chi connectivity index (χ3v) is 4.22. The highest BCUT2D eigenvalue weighted by molar-refractivity contribution is 6.05. The molecule has 0 aliphatic carbocycles. The van der Waals surface area contributed by atoms with E-state index in [1.807, 2.05) is 38.1 Å². The zero-order valence-electron chi connectivity index (χ0n) is 14.4. The fourth-order valence-corrected chi connectivity index (χ4v) is 3.08. The van der Waals surface area contributed by atoms with Gasteiger partial charge >= 0.3 is 0 Å². The lowest BCUT2D eigenvalue weighted by Gasteiger charge is -2.48. The second kappa shape index (κ2) is 6.68. The Morgan fingerprint density at radius 2 is 1.96 bits per heavy atom. The van der Waals surface area contributed by atoms with Gasteiger partial charge in [-0.2, -0.15) is 0 Å². The number of nitrogens with zero attached hydrogens (tertiary/aromatic N) is 1. The largest absolute Gasteiger partial charge is 0.497 e. The molecule has 1 aromatic rings. The lowest BCUT2D eigenvalue weighted by molar-refractivity contribution is -0.172. The van der Waals surface area contributed by atoms with Crippen molar-refractivity contribution >= 4 is 11.6 Å². The molecule has 2 heterocycles. The van der Waals surface area contributed by atoms with Gasteiger partial charge in [-0.25, -0.2) is 0 Å². The van der Waals surface area contributed by atoms with Gasteiger partial charge in [-0.3, -0.25) is 4.79 Å². The van der Waals surface area contributed by atoms with Gasteiger partial charge in [-0.1, -0.05) is 0 Å². The van der Waals surface area contributed by atoms with Gasteiger partial charge in [0, 0.05) is 12.8 Å². The Bertz CT molecular complexity index is 587. The van der Waals surface area contributed by atoms with Crippen LogP contribution in [0.15, 0.2) is 24.3 Å². The summed E-state index contributed by atoms with van der Waals surface area (Å²) < 4.78 is 27.3. The van der Waals surface area contributed by atoms with Gasteiger partial charge in [-0.15, -0.1) is 0 Å². The summed E-state index contributed by atoms with van der Waals surface area (Å²) in [7, 11) is 3.13. The van der Waals surface area contributed by atoms with Crippen molar-refractivity contribution in [3.05, 3.63) is 24.3 Å². The van der Waals surface area contributed by atoms with Crippen molar-refractivity contribution in [1.29, 1.82) is 0 Å². The van der Waals surface area contributed by atoms with Crippen LogP contribution in [0.25, 0.3) is 0 Å². The van der Waals surface area contributed by atoms with E-state index < -0.39 is 11.9 Å². The lowest BCUT2D eigenvalue weighted by Crippen LogP contribution is -2.71. The number of benzene rings is 1. The minimum Gasteiger partial charge on any atom is -0.497 e. The molecule has 0 aromatic heterocycles. The van der Waals surface area contributed by atoms with Crippen molar-refractivity contribution < 1.29 is 28.5 Å². The number of rotatable bonds is 6. The van der Waals surface area contributed by atoms with Crippen LogP contribution in [0.2, 0.25) is 0 Å². The van der Waals surface area contributed by atoms with Gasteiger partial charge in [-0.05, 0) is 38.1 Å². The van der Waals surface area contributed by atoms with Crippen LogP contribution in [0.3, 0.4) is 0 Å². The number of methoxy groups -OCH3 is 2. The van der Waals surface area contributed by atoms with Gasteiger partial charge < -0.3 is 28.6 Å². The number of carbonyl (C=O) groups excluding carboxylic acids is 1. The predicted molar refractivity (Wildman–Crippen MR) is 85.9 cm³/mol. The molecule has 24 heavy (non-hydrogen) atoms. The van der Waals surface area contributed by atoms with E-state index in [1.165, 1.54) is 7.11 Å². The van der Waals surface area contributed by atoms with E-state index in [-0.39, 0.29) is 24.8 Å². The van der Waals surface area contributed by atoms with Crippen LogP contribution in [0.5, 0.6) is 5.75 Å². The topological polar surface area (TPSA) is 66.5 Å². The van der Waals surface area contributed by atoms with Crippen molar-refractivity contribution in [3.63, 3.8) is 0 Å². The van der Waals surface area contributed by atoms with Crippen molar-refractivity contribution in [2.45, 2.75) is 37.9 Å². The van der Waals surface area contributed by atoms with E-state index >= 15 is 0 Å². The molecular weight excluding hydrogens is 314 g/mol. The molecule has 1 aromatic carbocycles. The molecule has 0 bridgehead atoms. The Labute approximate surface area is 141 Å². The fraction of sp³-hybridized carbons (Fsp3) is 0.588. The Kier molecular flexibility index (Phi) is 4.78. The highest BCUT2D eigenvalue weighted by Gasteiger charge is 2.56.